The molecule has 3 nitrogen and oxygen atoms in total. The highest BCUT2D eigenvalue weighted by molar-refractivity contribution is 6.13. The Hall–Kier alpha value is -3.46. The summed E-state index contributed by atoms with van der Waals surface area (Å²) in [6.45, 7) is 5.63. The molecule has 0 bridgehead atoms. The molecule has 0 fully saturated rings. The van der Waals surface area contributed by atoms with E-state index in [4.69, 9.17) is 9.73 Å². The first-order valence-corrected chi connectivity index (χ1v) is 10.6. The second-order valence-electron chi connectivity index (χ2n) is 8.31. The number of benzene rings is 3. The van der Waals surface area contributed by atoms with Crippen molar-refractivity contribution in [3.63, 3.8) is 0 Å². The molecule has 3 aromatic carbocycles. The van der Waals surface area contributed by atoms with Crippen LogP contribution >= 0.6 is 0 Å². The molecule has 0 N–H and O–H groups in total. The lowest BCUT2D eigenvalue weighted by Gasteiger charge is -2.22. The number of nitrogens with zero attached hydrogens (tertiary/aromatic N) is 1. The molecule has 158 valence electrons. The summed E-state index contributed by atoms with van der Waals surface area (Å²) in [5.41, 5.74) is 3.22. The van der Waals surface area contributed by atoms with Gasteiger partial charge in [0.2, 0.25) is 0 Å². The van der Waals surface area contributed by atoms with Gasteiger partial charge >= 0.3 is 5.97 Å². The maximum Gasteiger partial charge on any atom is 0.331 e. The van der Waals surface area contributed by atoms with Crippen molar-refractivity contribution < 1.29 is 9.53 Å². The minimum absolute atomic E-state index is 0.324. The van der Waals surface area contributed by atoms with E-state index >= 15 is 0 Å². The molecular formula is C28H29NO2. The average molecular weight is 412 g/mol. The van der Waals surface area contributed by atoms with E-state index in [1.807, 2.05) is 124 Å². The Morgan fingerprint density at radius 1 is 0.839 bits per heavy atom. The van der Waals surface area contributed by atoms with Crippen molar-refractivity contribution in [1.82, 2.24) is 0 Å². The zero-order chi connectivity index (χ0) is 22.1. The minimum atomic E-state index is -0.644. The second-order valence-corrected chi connectivity index (χ2v) is 8.31. The SMILES string of the molecule is CC(C)(C)OC(=O)[C@@H](C/C=C/c1ccccc1)N=C(c1ccccc1)c1ccccc1. The quantitative estimate of drug-likeness (QED) is 0.336. The van der Waals surface area contributed by atoms with E-state index < -0.39 is 11.6 Å². The average Bonchev–Trinajstić information content (AvgIpc) is 2.77. The lowest BCUT2D eigenvalue weighted by atomic mass is 10.0. The number of rotatable bonds is 7. The summed E-state index contributed by atoms with van der Waals surface area (Å²) < 4.78 is 5.70. The summed E-state index contributed by atoms with van der Waals surface area (Å²) in [5, 5.41) is 0. The molecule has 0 saturated heterocycles. The van der Waals surface area contributed by atoms with E-state index in [1.54, 1.807) is 0 Å². The van der Waals surface area contributed by atoms with Gasteiger partial charge in [0.05, 0.1) is 5.71 Å². The van der Waals surface area contributed by atoms with Crippen LogP contribution < -0.4 is 0 Å². The first kappa shape index (κ1) is 22.2. The largest absolute Gasteiger partial charge is 0.458 e. The van der Waals surface area contributed by atoms with Gasteiger partial charge < -0.3 is 4.74 Å². The maximum absolute atomic E-state index is 13.0. The van der Waals surface area contributed by atoms with Crippen LogP contribution in [0.4, 0.5) is 0 Å². The molecular weight excluding hydrogens is 382 g/mol. The number of ether oxygens (including phenoxy) is 1. The van der Waals surface area contributed by atoms with Crippen LogP contribution in [-0.4, -0.2) is 23.3 Å². The summed E-state index contributed by atoms with van der Waals surface area (Å²) in [7, 11) is 0. The molecule has 0 spiro atoms. The van der Waals surface area contributed by atoms with Gasteiger partial charge in [-0.1, -0.05) is 103 Å². The van der Waals surface area contributed by atoms with Crippen molar-refractivity contribution in [2.75, 3.05) is 0 Å². The van der Waals surface area contributed by atoms with Gasteiger partial charge in [-0.05, 0) is 32.8 Å². The van der Waals surface area contributed by atoms with Gasteiger partial charge in [0, 0.05) is 11.1 Å². The number of carbonyl (C=O) groups excluding carboxylic acids is 1. The summed E-state index contributed by atoms with van der Waals surface area (Å²) in [6.07, 6.45) is 4.45. The fraction of sp³-hybridized carbons (Fsp3) is 0.214. The van der Waals surface area contributed by atoms with E-state index in [9.17, 15) is 4.79 Å². The van der Waals surface area contributed by atoms with Crippen molar-refractivity contribution in [2.24, 2.45) is 4.99 Å². The Labute approximate surface area is 185 Å². The van der Waals surface area contributed by atoms with E-state index in [-0.39, 0.29) is 5.97 Å². The van der Waals surface area contributed by atoms with Gasteiger partial charge in [-0.2, -0.15) is 0 Å². The van der Waals surface area contributed by atoms with Crippen LogP contribution in [0, 0.1) is 0 Å². The van der Waals surface area contributed by atoms with Gasteiger partial charge in [-0.3, -0.25) is 4.99 Å². The Kier molecular flexibility index (Phi) is 7.55. The van der Waals surface area contributed by atoms with Crippen LogP contribution in [0.3, 0.4) is 0 Å². The second kappa shape index (κ2) is 10.5. The monoisotopic (exact) mass is 411 g/mol. The Balaban J connectivity index is 1.97. The highest BCUT2D eigenvalue weighted by Gasteiger charge is 2.25. The molecule has 0 heterocycles. The van der Waals surface area contributed by atoms with E-state index in [1.165, 1.54) is 0 Å². The van der Waals surface area contributed by atoms with E-state index in [0.717, 1.165) is 22.4 Å². The topological polar surface area (TPSA) is 38.7 Å². The van der Waals surface area contributed by atoms with Crippen molar-refractivity contribution in [3.8, 4) is 0 Å². The predicted molar refractivity (Wildman–Crippen MR) is 128 cm³/mol. The number of aliphatic imine (C=N–C) groups is 1. The molecule has 3 rings (SSSR count). The fourth-order valence-electron chi connectivity index (χ4n) is 3.13. The molecule has 0 aromatic heterocycles. The third kappa shape index (κ3) is 7.07. The summed E-state index contributed by atoms with van der Waals surface area (Å²) in [5.74, 6) is -0.324. The smallest absolute Gasteiger partial charge is 0.331 e. The molecule has 1 atom stereocenters. The summed E-state index contributed by atoms with van der Waals surface area (Å²) in [4.78, 5) is 18.0. The molecule has 3 aromatic rings. The molecule has 0 amide bonds. The van der Waals surface area contributed by atoms with Crippen LogP contribution in [0.5, 0.6) is 0 Å². The van der Waals surface area contributed by atoms with Crippen LogP contribution in [0.25, 0.3) is 6.08 Å². The van der Waals surface area contributed by atoms with Gasteiger partial charge in [0.15, 0.2) is 6.04 Å². The normalized spacial score (nSPS) is 12.4. The predicted octanol–water partition coefficient (Wildman–Crippen LogP) is 6.34. The van der Waals surface area contributed by atoms with E-state index in [0.29, 0.717) is 6.42 Å². The number of hydrogen-bond acceptors (Lipinski definition) is 3. The zero-order valence-electron chi connectivity index (χ0n) is 18.4. The van der Waals surface area contributed by atoms with Crippen LogP contribution in [0.15, 0.2) is 102 Å². The van der Waals surface area contributed by atoms with Crippen molar-refractivity contribution >= 4 is 17.8 Å². The molecule has 31 heavy (non-hydrogen) atoms. The number of esters is 1. The number of carbonyl (C=O) groups is 1. The Morgan fingerprint density at radius 3 is 1.81 bits per heavy atom. The maximum atomic E-state index is 13.0. The zero-order valence-corrected chi connectivity index (χ0v) is 18.4. The third-order valence-corrected chi connectivity index (χ3v) is 4.53. The Morgan fingerprint density at radius 2 is 1.32 bits per heavy atom. The van der Waals surface area contributed by atoms with Crippen molar-refractivity contribution in [3.05, 3.63) is 114 Å². The minimum Gasteiger partial charge on any atom is -0.458 e. The Bertz CT molecular complexity index is 975. The highest BCUT2D eigenvalue weighted by atomic mass is 16.6. The number of hydrogen-bond donors (Lipinski definition) is 0. The van der Waals surface area contributed by atoms with Crippen molar-refractivity contribution in [2.45, 2.75) is 38.8 Å². The molecule has 0 saturated carbocycles. The lowest BCUT2D eigenvalue weighted by molar-refractivity contribution is -0.156. The molecule has 0 aliphatic carbocycles. The van der Waals surface area contributed by atoms with Crippen LogP contribution in [-0.2, 0) is 9.53 Å². The van der Waals surface area contributed by atoms with Crippen LogP contribution in [0.1, 0.15) is 43.9 Å². The van der Waals surface area contributed by atoms with Gasteiger partial charge in [-0.25, -0.2) is 4.79 Å². The summed E-state index contributed by atoms with van der Waals surface area (Å²) in [6, 6.07) is 29.3. The molecule has 0 radical (unpaired) electrons. The summed E-state index contributed by atoms with van der Waals surface area (Å²) >= 11 is 0. The molecule has 0 unspecified atom stereocenters. The fourth-order valence-corrected chi connectivity index (χ4v) is 3.13. The van der Waals surface area contributed by atoms with Crippen molar-refractivity contribution in [1.29, 1.82) is 0 Å². The highest BCUT2D eigenvalue weighted by Crippen LogP contribution is 2.17. The first-order chi connectivity index (χ1) is 14.9. The van der Waals surface area contributed by atoms with Gasteiger partial charge in [-0.15, -0.1) is 0 Å². The third-order valence-electron chi connectivity index (χ3n) is 4.53. The van der Waals surface area contributed by atoms with Crippen LogP contribution in [0.2, 0.25) is 0 Å². The molecule has 0 aliphatic heterocycles. The lowest BCUT2D eigenvalue weighted by Crippen LogP contribution is -2.31. The first-order valence-electron chi connectivity index (χ1n) is 10.6. The molecule has 3 heteroatoms. The van der Waals surface area contributed by atoms with Gasteiger partial charge in [0.1, 0.15) is 5.60 Å². The van der Waals surface area contributed by atoms with E-state index in [2.05, 4.69) is 0 Å². The standard InChI is InChI=1S/C28H29NO2/c1-28(2,3)31-27(30)25(21-13-16-22-14-7-4-8-15-22)29-26(23-17-9-5-10-18-23)24-19-11-6-12-20-24/h4-20,25H,21H2,1-3H3/b16-13+/t25-/m1/s1. The molecule has 0 aliphatic rings. The van der Waals surface area contributed by atoms with Gasteiger partial charge in [0.25, 0.3) is 0 Å².